The maximum absolute atomic E-state index is 12.1. The Morgan fingerprint density at radius 2 is 1.90 bits per heavy atom. The Bertz CT molecular complexity index is 890. The number of fused-ring (bicyclic) bond motifs is 1. The number of halogens is 2. The molecule has 0 spiro atoms. The fraction of sp³-hybridized carbons (Fsp3) is 0.0667. The quantitative estimate of drug-likeness (QED) is 0.714. The van der Waals surface area contributed by atoms with Crippen molar-refractivity contribution < 1.29 is 4.74 Å². The van der Waals surface area contributed by atoms with E-state index in [4.69, 9.17) is 27.9 Å². The maximum Gasteiger partial charge on any atom is 0.261 e. The van der Waals surface area contributed by atoms with Crippen LogP contribution in [0.5, 0.6) is 11.6 Å². The third kappa shape index (κ3) is 2.86. The normalized spacial score (nSPS) is 10.8. The summed E-state index contributed by atoms with van der Waals surface area (Å²) >= 11 is 11.8. The molecule has 2 heterocycles. The fourth-order valence-corrected chi connectivity index (χ4v) is 2.19. The van der Waals surface area contributed by atoms with Crippen molar-refractivity contribution in [2.45, 2.75) is 6.92 Å². The minimum Gasteiger partial charge on any atom is -0.439 e. The van der Waals surface area contributed by atoms with Crippen LogP contribution in [0.1, 0.15) is 5.56 Å². The van der Waals surface area contributed by atoms with Crippen molar-refractivity contribution >= 4 is 28.8 Å². The molecule has 0 aliphatic rings. The number of pyridine rings is 1. The third-order valence-corrected chi connectivity index (χ3v) is 3.64. The smallest absolute Gasteiger partial charge is 0.261 e. The first-order valence-corrected chi connectivity index (χ1v) is 6.91. The average molecular weight is 321 g/mol. The number of aryl methyl sites for hydroxylation is 1. The van der Waals surface area contributed by atoms with Crippen molar-refractivity contribution in [1.82, 2.24) is 9.38 Å². The van der Waals surface area contributed by atoms with Gasteiger partial charge in [0.2, 0.25) is 5.88 Å². The van der Waals surface area contributed by atoms with E-state index < -0.39 is 0 Å². The highest BCUT2D eigenvalue weighted by atomic mass is 35.5. The summed E-state index contributed by atoms with van der Waals surface area (Å²) in [5.74, 6) is 0.676. The molecule has 6 heteroatoms. The monoisotopic (exact) mass is 320 g/mol. The molecule has 106 valence electrons. The molecule has 0 aliphatic carbocycles. The van der Waals surface area contributed by atoms with E-state index in [1.807, 2.05) is 13.0 Å². The Morgan fingerprint density at radius 3 is 2.67 bits per heavy atom. The van der Waals surface area contributed by atoms with Gasteiger partial charge in [0.25, 0.3) is 5.56 Å². The van der Waals surface area contributed by atoms with Gasteiger partial charge in [0, 0.05) is 12.3 Å². The van der Waals surface area contributed by atoms with Crippen LogP contribution in [-0.4, -0.2) is 9.38 Å². The lowest BCUT2D eigenvalue weighted by Crippen LogP contribution is -2.14. The first-order valence-electron chi connectivity index (χ1n) is 6.16. The molecular weight excluding hydrogens is 311 g/mol. The molecule has 0 radical (unpaired) electrons. The van der Waals surface area contributed by atoms with Crippen LogP contribution >= 0.6 is 23.2 Å². The van der Waals surface area contributed by atoms with Crippen molar-refractivity contribution in [1.29, 1.82) is 0 Å². The molecule has 3 rings (SSSR count). The third-order valence-electron chi connectivity index (χ3n) is 2.90. The lowest BCUT2D eigenvalue weighted by atomic mass is 10.3. The Hall–Kier alpha value is -2.04. The van der Waals surface area contributed by atoms with Gasteiger partial charge in [0.05, 0.1) is 16.1 Å². The van der Waals surface area contributed by atoms with Gasteiger partial charge in [-0.1, -0.05) is 29.3 Å². The Kier molecular flexibility index (Phi) is 3.57. The van der Waals surface area contributed by atoms with Gasteiger partial charge in [-0.3, -0.25) is 9.20 Å². The van der Waals surface area contributed by atoms with Gasteiger partial charge in [-0.25, -0.2) is 0 Å². The summed E-state index contributed by atoms with van der Waals surface area (Å²) in [6.45, 7) is 1.91. The first-order chi connectivity index (χ1) is 10.0. The van der Waals surface area contributed by atoms with E-state index in [1.165, 1.54) is 10.5 Å². The summed E-state index contributed by atoms with van der Waals surface area (Å²) in [4.78, 5) is 16.3. The lowest BCUT2D eigenvalue weighted by molar-refractivity contribution is 0.462. The zero-order valence-corrected chi connectivity index (χ0v) is 12.5. The number of ether oxygens (including phenoxy) is 1. The summed E-state index contributed by atoms with van der Waals surface area (Å²) in [5.41, 5.74) is 1.28. The molecule has 0 unspecified atom stereocenters. The molecule has 0 bridgehead atoms. The van der Waals surface area contributed by atoms with E-state index in [9.17, 15) is 4.79 Å². The molecule has 0 N–H and O–H groups in total. The largest absolute Gasteiger partial charge is 0.439 e. The Morgan fingerprint density at radius 1 is 1.10 bits per heavy atom. The van der Waals surface area contributed by atoms with Crippen LogP contribution in [0.3, 0.4) is 0 Å². The zero-order valence-electron chi connectivity index (χ0n) is 11.0. The van der Waals surface area contributed by atoms with E-state index in [0.717, 1.165) is 5.56 Å². The van der Waals surface area contributed by atoms with Gasteiger partial charge >= 0.3 is 0 Å². The minimum atomic E-state index is -0.209. The Balaban J connectivity index is 2.03. The second-order valence-corrected chi connectivity index (χ2v) is 5.36. The predicted octanol–water partition coefficient (Wildman–Crippen LogP) is 4.10. The number of nitrogens with zero attached hydrogens (tertiary/aromatic N) is 2. The highest BCUT2D eigenvalue weighted by molar-refractivity contribution is 6.42. The Labute approximate surface area is 130 Å². The second-order valence-electron chi connectivity index (χ2n) is 4.55. The minimum absolute atomic E-state index is 0.209. The van der Waals surface area contributed by atoms with Crippen molar-refractivity contribution in [3.05, 3.63) is 68.6 Å². The van der Waals surface area contributed by atoms with Crippen LogP contribution in [0, 0.1) is 6.92 Å². The highest BCUT2D eigenvalue weighted by Gasteiger charge is 2.06. The van der Waals surface area contributed by atoms with Crippen molar-refractivity contribution in [2.75, 3.05) is 0 Å². The van der Waals surface area contributed by atoms with Gasteiger partial charge in [-0.15, -0.1) is 0 Å². The molecular formula is C15H10Cl2N2O2. The van der Waals surface area contributed by atoms with E-state index in [-0.39, 0.29) is 11.4 Å². The first kappa shape index (κ1) is 13.9. The van der Waals surface area contributed by atoms with Crippen LogP contribution in [0.15, 0.2) is 47.4 Å². The van der Waals surface area contributed by atoms with Gasteiger partial charge in [-0.2, -0.15) is 4.98 Å². The molecule has 4 nitrogen and oxygen atoms in total. The van der Waals surface area contributed by atoms with Crippen LogP contribution in [0.25, 0.3) is 5.65 Å². The van der Waals surface area contributed by atoms with Gasteiger partial charge in [0.15, 0.2) is 0 Å². The molecule has 0 saturated carbocycles. The highest BCUT2D eigenvalue weighted by Crippen LogP contribution is 2.28. The van der Waals surface area contributed by atoms with Crippen LogP contribution in [0.2, 0.25) is 10.0 Å². The summed E-state index contributed by atoms with van der Waals surface area (Å²) in [5, 5.41) is 0.813. The number of benzene rings is 1. The fourth-order valence-electron chi connectivity index (χ4n) is 1.90. The number of hydrogen-bond donors (Lipinski definition) is 0. The van der Waals surface area contributed by atoms with E-state index in [1.54, 1.807) is 30.5 Å². The van der Waals surface area contributed by atoms with E-state index >= 15 is 0 Å². The van der Waals surface area contributed by atoms with E-state index in [0.29, 0.717) is 21.4 Å². The van der Waals surface area contributed by atoms with Crippen LogP contribution in [-0.2, 0) is 0 Å². The average Bonchev–Trinajstić information content (AvgIpc) is 2.44. The van der Waals surface area contributed by atoms with Gasteiger partial charge in [0.1, 0.15) is 11.4 Å². The summed E-state index contributed by atoms with van der Waals surface area (Å²) in [6, 6.07) is 9.82. The topological polar surface area (TPSA) is 43.6 Å². The van der Waals surface area contributed by atoms with Crippen molar-refractivity contribution in [3.8, 4) is 11.6 Å². The molecule has 0 amide bonds. The lowest BCUT2D eigenvalue weighted by Gasteiger charge is -2.07. The van der Waals surface area contributed by atoms with Crippen LogP contribution < -0.4 is 10.3 Å². The second kappa shape index (κ2) is 5.39. The molecule has 0 aliphatic heterocycles. The zero-order chi connectivity index (χ0) is 15.0. The number of aromatic nitrogens is 2. The molecule has 3 aromatic rings. The summed E-state index contributed by atoms with van der Waals surface area (Å²) in [7, 11) is 0. The van der Waals surface area contributed by atoms with Gasteiger partial charge in [-0.05, 0) is 30.7 Å². The maximum atomic E-state index is 12.1. The standard InChI is InChI=1S/C15H10Cl2N2O2/c1-9-2-5-13-18-14(7-15(20)19(13)8-9)21-10-3-4-11(16)12(17)6-10/h2-8H,1H3. The SMILES string of the molecule is Cc1ccc2nc(Oc3ccc(Cl)c(Cl)c3)cc(=O)n2c1. The molecule has 0 fully saturated rings. The predicted molar refractivity (Wildman–Crippen MR) is 82.7 cm³/mol. The number of hydrogen-bond acceptors (Lipinski definition) is 3. The van der Waals surface area contributed by atoms with Gasteiger partial charge < -0.3 is 4.74 Å². The summed E-state index contributed by atoms with van der Waals surface area (Å²) in [6.07, 6.45) is 1.73. The van der Waals surface area contributed by atoms with Crippen molar-refractivity contribution in [3.63, 3.8) is 0 Å². The molecule has 21 heavy (non-hydrogen) atoms. The van der Waals surface area contributed by atoms with E-state index in [2.05, 4.69) is 4.98 Å². The van der Waals surface area contributed by atoms with Crippen LogP contribution in [0.4, 0.5) is 0 Å². The molecule has 2 aromatic heterocycles. The summed E-state index contributed by atoms with van der Waals surface area (Å²) < 4.78 is 7.04. The molecule has 0 atom stereocenters. The molecule has 0 saturated heterocycles. The number of rotatable bonds is 2. The molecule has 1 aromatic carbocycles. The van der Waals surface area contributed by atoms with Crippen molar-refractivity contribution in [2.24, 2.45) is 0 Å².